The zero-order valence-corrected chi connectivity index (χ0v) is 11.9. The highest BCUT2D eigenvalue weighted by Gasteiger charge is 2.24. The van der Waals surface area contributed by atoms with Gasteiger partial charge in [0.05, 0.1) is 6.10 Å². The van der Waals surface area contributed by atoms with Gasteiger partial charge in [-0.2, -0.15) is 11.8 Å². The highest BCUT2D eigenvalue weighted by atomic mass is 32.2. The predicted octanol–water partition coefficient (Wildman–Crippen LogP) is 2.19. The van der Waals surface area contributed by atoms with E-state index in [2.05, 4.69) is 5.32 Å². The van der Waals surface area contributed by atoms with Gasteiger partial charge in [0.25, 0.3) is 0 Å². The summed E-state index contributed by atoms with van der Waals surface area (Å²) in [5.41, 5.74) is 0. The molecular formula is C14H25NO2S. The molecule has 1 heterocycles. The lowest BCUT2D eigenvalue weighted by Gasteiger charge is -2.28. The summed E-state index contributed by atoms with van der Waals surface area (Å²) in [7, 11) is 0. The minimum Gasteiger partial charge on any atom is -0.393 e. The normalized spacial score (nSPS) is 30.1. The molecule has 1 amide bonds. The fraction of sp³-hybridized carbons (Fsp3) is 0.929. The van der Waals surface area contributed by atoms with Gasteiger partial charge in [-0.1, -0.05) is 12.8 Å². The van der Waals surface area contributed by atoms with Gasteiger partial charge in [-0.05, 0) is 43.1 Å². The largest absolute Gasteiger partial charge is 0.393 e. The summed E-state index contributed by atoms with van der Waals surface area (Å²) >= 11 is 2.00. The van der Waals surface area contributed by atoms with Crippen molar-refractivity contribution < 1.29 is 9.90 Å². The maximum absolute atomic E-state index is 11.9. The van der Waals surface area contributed by atoms with Gasteiger partial charge in [0, 0.05) is 18.9 Å². The Bertz CT molecular complexity index is 267. The van der Waals surface area contributed by atoms with E-state index in [4.69, 9.17) is 0 Å². The van der Waals surface area contributed by atoms with Gasteiger partial charge in [-0.3, -0.25) is 4.79 Å². The quantitative estimate of drug-likeness (QED) is 0.824. The van der Waals surface area contributed by atoms with Crippen LogP contribution in [0.5, 0.6) is 0 Å². The highest BCUT2D eigenvalue weighted by Crippen LogP contribution is 2.26. The molecule has 0 aromatic rings. The van der Waals surface area contributed by atoms with Crippen LogP contribution in [0.15, 0.2) is 0 Å². The average Bonchev–Trinajstić information content (AvgIpc) is 2.39. The van der Waals surface area contributed by atoms with Crippen molar-refractivity contribution >= 4 is 17.7 Å². The zero-order valence-electron chi connectivity index (χ0n) is 11.1. The van der Waals surface area contributed by atoms with Crippen LogP contribution in [0.4, 0.5) is 0 Å². The molecule has 4 heteroatoms. The number of carbonyl (C=O) groups excluding carboxylic acids is 1. The fourth-order valence-electron chi connectivity index (χ4n) is 2.96. The van der Waals surface area contributed by atoms with E-state index >= 15 is 0 Å². The number of nitrogens with one attached hydrogen (secondary N) is 1. The fourth-order valence-corrected chi connectivity index (χ4v) is 4.16. The van der Waals surface area contributed by atoms with E-state index in [1.54, 1.807) is 0 Å². The first-order valence-electron chi connectivity index (χ1n) is 7.28. The average molecular weight is 271 g/mol. The van der Waals surface area contributed by atoms with E-state index in [0.29, 0.717) is 18.9 Å². The lowest BCUT2D eigenvalue weighted by atomic mass is 9.86. The number of aliphatic hydroxyl groups is 1. The third-order valence-corrected chi connectivity index (χ3v) is 5.29. The van der Waals surface area contributed by atoms with Crippen LogP contribution in [-0.4, -0.2) is 35.2 Å². The second-order valence-corrected chi connectivity index (χ2v) is 6.90. The SMILES string of the molecule is O=C(CC1CCSCC1)NCC1CCCCC1O. The summed E-state index contributed by atoms with van der Waals surface area (Å²) in [5.74, 6) is 3.47. The molecule has 2 rings (SSSR count). The first-order valence-corrected chi connectivity index (χ1v) is 8.43. The Morgan fingerprint density at radius 2 is 1.89 bits per heavy atom. The monoisotopic (exact) mass is 271 g/mol. The van der Waals surface area contributed by atoms with E-state index in [9.17, 15) is 9.90 Å². The summed E-state index contributed by atoms with van der Waals surface area (Å²) in [5, 5.41) is 12.9. The molecule has 2 atom stereocenters. The van der Waals surface area contributed by atoms with Crippen molar-refractivity contribution in [1.82, 2.24) is 5.32 Å². The molecule has 3 nitrogen and oxygen atoms in total. The molecule has 18 heavy (non-hydrogen) atoms. The third kappa shape index (κ3) is 4.47. The number of aliphatic hydroxyl groups excluding tert-OH is 1. The summed E-state index contributed by atoms with van der Waals surface area (Å²) in [6, 6.07) is 0. The number of rotatable bonds is 4. The number of hydrogen-bond acceptors (Lipinski definition) is 3. The summed E-state index contributed by atoms with van der Waals surface area (Å²) < 4.78 is 0. The molecule has 2 unspecified atom stereocenters. The van der Waals surface area contributed by atoms with Gasteiger partial charge in [-0.15, -0.1) is 0 Å². The van der Waals surface area contributed by atoms with Gasteiger partial charge >= 0.3 is 0 Å². The van der Waals surface area contributed by atoms with Gasteiger partial charge in [0.15, 0.2) is 0 Å². The number of amides is 1. The first kappa shape index (κ1) is 14.2. The molecule has 2 N–H and O–H groups in total. The maximum Gasteiger partial charge on any atom is 0.220 e. The molecule has 0 aromatic carbocycles. The van der Waals surface area contributed by atoms with E-state index < -0.39 is 0 Å². The smallest absolute Gasteiger partial charge is 0.220 e. The lowest BCUT2D eigenvalue weighted by molar-refractivity contribution is -0.122. The standard InChI is InChI=1S/C14H25NO2S/c16-13-4-2-1-3-12(13)10-15-14(17)9-11-5-7-18-8-6-11/h11-13,16H,1-10H2,(H,15,17). The number of carbonyl (C=O) groups is 1. The van der Waals surface area contributed by atoms with Crippen LogP contribution in [0.25, 0.3) is 0 Å². The number of hydrogen-bond donors (Lipinski definition) is 2. The predicted molar refractivity (Wildman–Crippen MR) is 75.6 cm³/mol. The van der Waals surface area contributed by atoms with E-state index in [0.717, 1.165) is 19.3 Å². The Morgan fingerprint density at radius 3 is 2.61 bits per heavy atom. The molecule has 104 valence electrons. The zero-order chi connectivity index (χ0) is 12.8. The highest BCUT2D eigenvalue weighted by molar-refractivity contribution is 7.99. The molecule has 1 aliphatic heterocycles. The molecule has 1 saturated carbocycles. The van der Waals surface area contributed by atoms with E-state index in [1.165, 1.54) is 30.8 Å². The van der Waals surface area contributed by atoms with Crippen molar-refractivity contribution in [2.24, 2.45) is 11.8 Å². The van der Waals surface area contributed by atoms with Crippen LogP contribution in [0.3, 0.4) is 0 Å². The van der Waals surface area contributed by atoms with Crippen molar-refractivity contribution in [2.45, 2.75) is 51.0 Å². The van der Waals surface area contributed by atoms with Crippen LogP contribution in [0.1, 0.15) is 44.9 Å². The molecule has 2 fully saturated rings. The Balaban J connectivity index is 1.64. The third-order valence-electron chi connectivity index (χ3n) is 4.25. The second kappa shape index (κ2) is 7.39. The van der Waals surface area contributed by atoms with Gasteiger partial charge < -0.3 is 10.4 Å². The van der Waals surface area contributed by atoms with Crippen molar-refractivity contribution in [1.29, 1.82) is 0 Å². The van der Waals surface area contributed by atoms with Crippen LogP contribution < -0.4 is 5.32 Å². The van der Waals surface area contributed by atoms with E-state index in [-0.39, 0.29) is 17.9 Å². The molecule has 0 aromatic heterocycles. The van der Waals surface area contributed by atoms with E-state index in [1.807, 2.05) is 11.8 Å². The number of thioether (sulfide) groups is 1. The van der Waals surface area contributed by atoms with Crippen molar-refractivity contribution in [2.75, 3.05) is 18.1 Å². The van der Waals surface area contributed by atoms with Crippen LogP contribution >= 0.6 is 11.8 Å². The van der Waals surface area contributed by atoms with Gasteiger partial charge in [-0.25, -0.2) is 0 Å². The van der Waals surface area contributed by atoms with Crippen LogP contribution in [0, 0.1) is 11.8 Å². The van der Waals surface area contributed by atoms with Crippen LogP contribution in [0.2, 0.25) is 0 Å². The van der Waals surface area contributed by atoms with Crippen molar-refractivity contribution in [3.63, 3.8) is 0 Å². The van der Waals surface area contributed by atoms with Crippen LogP contribution in [-0.2, 0) is 4.79 Å². The Labute approximate surface area is 114 Å². The maximum atomic E-state index is 11.9. The summed E-state index contributed by atoms with van der Waals surface area (Å²) in [6.45, 7) is 0.668. The van der Waals surface area contributed by atoms with Crippen molar-refractivity contribution in [3.05, 3.63) is 0 Å². The minimum absolute atomic E-state index is 0.185. The first-order chi connectivity index (χ1) is 8.75. The molecule has 2 aliphatic rings. The molecule has 0 spiro atoms. The molecule has 0 bridgehead atoms. The molecular weight excluding hydrogens is 246 g/mol. The molecule has 1 aliphatic carbocycles. The Kier molecular flexibility index (Phi) is 5.83. The Morgan fingerprint density at radius 1 is 1.17 bits per heavy atom. The van der Waals surface area contributed by atoms with Gasteiger partial charge in [0.2, 0.25) is 5.91 Å². The minimum atomic E-state index is -0.204. The molecule has 0 radical (unpaired) electrons. The summed E-state index contributed by atoms with van der Waals surface area (Å²) in [6.07, 6.45) is 7.13. The summed E-state index contributed by atoms with van der Waals surface area (Å²) in [4.78, 5) is 11.9. The van der Waals surface area contributed by atoms with Crippen molar-refractivity contribution in [3.8, 4) is 0 Å². The second-order valence-electron chi connectivity index (χ2n) is 5.68. The molecule has 1 saturated heterocycles. The lowest BCUT2D eigenvalue weighted by Crippen LogP contribution is -2.37. The van der Waals surface area contributed by atoms with Gasteiger partial charge in [0.1, 0.15) is 0 Å². The topological polar surface area (TPSA) is 49.3 Å². The Hall–Kier alpha value is -0.220.